The van der Waals surface area contributed by atoms with Gasteiger partial charge in [-0.15, -0.1) is 0 Å². The van der Waals surface area contributed by atoms with Crippen molar-refractivity contribution in [1.29, 1.82) is 0 Å². The Kier molecular flexibility index (Phi) is 4.98. The van der Waals surface area contributed by atoms with Crippen LogP contribution in [-0.2, 0) is 23.5 Å². The molecule has 0 bridgehead atoms. The van der Waals surface area contributed by atoms with Gasteiger partial charge in [-0.05, 0) is 31.0 Å². The van der Waals surface area contributed by atoms with Crippen LogP contribution >= 0.6 is 0 Å². The van der Waals surface area contributed by atoms with E-state index in [4.69, 9.17) is 0 Å². The SMILES string of the molecule is CCNc1ccccc1S(=O)(=O)NCCc1cnn(C)c1. The zero-order valence-electron chi connectivity index (χ0n) is 12.2. The van der Waals surface area contributed by atoms with Crippen molar-refractivity contribution in [3.8, 4) is 0 Å². The van der Waals surface area contributed by atoms with Gasteiger partial charge in [-0.1, -0.05) is 12.1 Å². The number of sulfonamides is 1. The van der Waals surface area contributed by atoms with Crippen LogP contribution in [0.5, 0.6) is 0 Å². The van der Waals surface area contributed by atoms with Crippen LogP contribution in [0.3, 0.4) is 0 Å². The van der Waals surface area contributed by atoms with Crippen molar-refractivity contribution in [3.05, 3.63) is 42.2 Å². The third-order valence-corrected chi connectivity index (χ3v) is 4.53. The first-order chi connectivity index (χ1) is 10.0. The average Bonchev–Trinajstić information content (AvgIpc) is 2.85. The second-order valence-corrected chi connectivity index (χ2v) is 6.43. The first-order valence-electron chi connectivity index (χ1n) is 6.83. The fourth-order valence-corrected chi connectivity index (χ4v) is 3.26. The highest BCUT2D eigenvalue weighted by Gasteiger charge is 2.17. The van der Waals surface area contributed by atoms with Crippen molar-refractivity contribution in [2.24, 2.45) is 7.05 Å². The van der Waals surface area contributed by atoms with Gasteiger partial charge in [0.15, 0.2) is 0 Å². The van der Waals surface area contributed by atoms with E-state index in [0.29, 0.717) is 25.2 Å². The van der Waals surface area contributed by atoms with Gasteiger partial charge in [-0.2, -0.15) is 5.10 Å². The van der Waals surface area contributed by atoms with E-state index in [9.17, 15) is 8.42 Å². The van der Waals surface area contributed by atoms with Crippen LogP contribution in [0.15, 0.2) is 41.6 Å². The molecule has 21 heavy (non-hydrogen) atoms. The first-order valence-corrected chi connectivity index (χ1v) is 8.31. The minimum atomic E-state index is -3.52. The van der Waals surface area contributed by atoms with E-state index in [-0.39, 0.29) is 4.90 Å². The fourth-order valence-electron chi connectivity index (χ4n) is 2.05. The predicted octanol–water partition coefficient (Wildman–Crippen LogP) is 1.37. The summed E-state index contributed by atoms with van der Waals surface area (Å²) in [6.45, 7) is 2.94. The molecule has 0 spiro atoms. The van der Waals surface area contributed by atoms with E-state index in [1.54, 1.807) is 29.1 Å². The fraction of sp³-hybridized carbons (Fsp3) is 0.357. The Balaban J connectivity index is 2.04. The lowest BCUT2D eigenvalue weighted by molar-refractivity contribution is 0.582. The molecule has 0 unspecified atom stereocenters. The van der Waals surface area contributed by atoms with Gasteiger partial charge in [0.2, 0.25) is 10.0 Å². The van der Waals surface area contributed by atoms with Gasteiger partial charge in [0.1, 0.15) is 4.90 Å². The van der Waals surface area contributed by atoms with Crippen molar-refractivity contribution in [3.63, 3.8) is 0 Å². The highest BCUT2D eigenvalue weighted by atomic mass is 32.2. The Morgan fingerprint density at radius 1 is 1.29 bits per heavy atom. The number of hydrogen-bond donors (Lipinski definition) is 2. The summed E-state index contributed by atoms with van der Waals surface area (Å²) in [6.07, 6.45) is 4.22. The highest BCUT2D eigenvalue weighted by Crippen LogP contribution is 2.20. The summed E-state index contributed by atoms with van der Waals surface area (Å²) in [6, 6.07) is 6.90. The summed E-state index contributed by atoms with van der Waals surface area (Å²) in [7, 11) is -1.68. The maximum atomic E-state index is 12.4. The van der Waals surface area contributed by atoms with Gasteiger partial charge in [0.05, 0.1) is 11.9 Å². The number of nitrogens with zero attached hydrogens (tertiary/aromatic N) is 2. The molecule has 1 aromatic carbocycles. The first kappa shape index (κ1) is 15.5. The van der Waals surface area contributed by atoms with Crippen LogP contribution in [0.2, 0.25) is 0 Å². The number of para-hydroxylation sites is 1. The van der Waals surface area contributed by atoms with E-state index in [1.807, 2.05) is 26.2 Å². The molecule has 2 N–H and O–H groups in total. The molecular formula is C14H20N4O2S. The molecule has 0 amide bonds. The second-order valence-electron chi connectivity index (χ2n) is 4.70. The summed E-state index contributed by atoms with van der Waals surface area (Å²) < 4.78 is 29.0. The third kappa shape index (κ3) is 4.05. The van der Waals surface area contributed by atoms with Crippen LogP contribution in [-0.4, -0.2) is 31.3 Å². The summed E-state index contributed by atoms with van der Waals surface area (Å²) in [5, 5.41) is 7.12. The van der Waals surface area contributed by atoms with Crippen LogP contribution in [0.25, 0.3) is 0 Å². The molecule has 114 valence electrons. The number of anilines is 1. The van der Waals surface area contributed by atoms with Crippen molar-refractivity contribution in [2.45, 2.75) is 18.2 Å². The van der Waals surface area contributed by atoms with Crippen molar-refractivity contribution in [1.82, 2.24) is 14.5 Å². The zero-order valence-corrected chi connectivity index (χ0v) is 13.0. The Hall–Kier alpha value is -1.86. The van der Waals surface area contributed by atoms with Gasteiger partial charge in [-0.25, -0.2) is 13.1 Å². The van der Waals surface area contributed by atoms with E-state index >= 15 is 0 Å². The molecule has 1 heterocycles. The average molecular weight is 308 g/mol. The lowest BCUT2D eigenvalue weighted by atomic mass is 10.3. The molecule has 0 aliphatic rings. The smallest absolute Gasteiger partial charge is 0.242 e. The van der Waals surface area contributed by atoms with E-state index in [1.165, 1.54) is 0 Å². The lowest BCUT2D eigenvalue weighted by Gasteiger charge is -2.11. The maximum absolute atomic E-state index is 12.4. The van der Waals surface area contributed by atoms with Crippen molar-refractivity contribution >= 4 is 15.7 Å². The summed E-state index contributed by atoms with van der Waals surface area (Å²) >= 11 is 0. The molecule has 0 aliphatic carbocycles. The van der Waals surface area contributed by atoms with Crippen molar-refractivity contribution in [2.75, 3.05) is 18.4 Å². The molecule has 0 aliphatic heterocycles. The van der Waals surface area contributed by atoms with Gasteiger partial charge < -0.3 is 5.32 Å². The lowest BCUT2D eigenvalue weighted by Crippen LogP contribution is -2.26. The van der Waals surface area contributed by atoms with E-state index in [0.717, 1.165) is 5.56 Å². The topological polar surface area (TPSA) is 76.0 Å². The summed E-state index contributed by atoms with van der Waals surface area (Å²) in [5.74, 6) is 0. The molecule has 0 fully saturated rings. The normalized spacial score (nSPS) is 11.5. The largest absolute Gasteiger partial charge is 0.384 e. The molecule has 2 aromatic rings. The number of rotatable bonds is 7. The number of aromatic nitrogens is 2. The zero-order chi connectivity index (χ0) is 15.3. The second kappa shape index (κ2) is 6.73. The molecule has 0 radical (unpaired) electrons. The van der Waals surface area contributed by atoms with Crippen LogP contribution in [0.4, 0.5) is 5.69 Å². The number of nitrogens with one attached hydrogen (secondary N) is 2. The molecule has 6 nitrogen and oxygen atoms in total. The van der Waals surface area contributed by atoms with Crippen LogP contribution < -0.4 is 10.0 Å². The monoisotopic (exact) mass is 308 g/mol. The summed E-state index contributed by atoms with van der Waals surface area (Å²) in [5.41, 5.74) is 1.62. The van der Waals surface area contributed by atoms with Gasteiger partial charge in [0.25, 0.3) is 0 Å². The summed E-state index contributed by atoms with van der Waals surface area (Å²) in [4.78, 5) is 0.276. The standard InChI is InChI=1S/C14H20N4O2S/c1-3-15-13-6-4-5-7-14(13)21(19,20)17-9-8-12-10-16-18(2)11-12/h4-7,10-11,15,17H,3,8-9H2,1-2H3. The Morgan fingerprint density at radius 3 is 2.71 bits per heavy atom. The Bertz CT molecular complexity index is 695. The Labute approximate surface area is 125 Å². The molecule has 0 saturated carbocycles. The number of benzene rings is 1. The van der Waals surface area contributed by atoms with Gasteiger partial charge >= 0.3 is 0 Å². The number of hydrogen-bond acceptors (Lipinski definition) is 4. The number of aryl methyl sites for hydroxylation is 1. The van der Waals surface area contributed by atoms with Crippen LogP contribution in [0, 0.1) is 0 Å². The molecule has 1 aromatic heterocycles. The van der Waals surface area contributed by atoms with Gasteiger partial charge in [-0.3, -0.25) is 4.68 Å². The van der Waals surface area contributed by atoms with Crippen molar-refractivity contribution < 1.29 is 8.42 Å². The van der Waals surface area contributed by atoms with E-state index in [2.05, 4.69) is 15.1 Å². The Morgan fingerprint density at radius 2 is 2.05 bits per heavy atom. The third-order valence-electron chi connectivity index (χ3n) is 3.01. The molecule has 0 saturated heterocycles. The minimum absolute atomic E-state index is 0.276. The molecular weight excluding hydrogens is 288 g/mol. The van der Waals surface area contributed by atoms with E-state index < -0.39 is 10.0 Å². The van der Waals surface area contributed by atoms with Gasteiger partial charge in [0, 0.05) is 26.3 Å². The van der Waals surface area contributed by atoms with Crippen LogP contribution in [0.1, 0.15) is 12.5 Å². The molecule has 0 atom stereocenters. The highest BCUT2D eigenvalue weighted by molar-refractivity contribution is 7.89. The molecule has 2 rings (SSSR count). The minimum Gasteiger partial charge on any atom is -0.384 e. The quantitative estimate of drug-likeness (QED) is 0.810. The maximum Gasteiger partial charge on any atom is 0.242 e. The molecule has 7 heteroatoms. The predicted molar refractivity (Wildman–Crippen MR) is 82.7 cm³/mol.